The van der Waals surface area contributed by atoms with E-state index < -0.39 is 0 Å². The van der Waals surface area contributed by atoms with Gasteiger partial charge in [-0.1, -0.05) is 12.1 Å². The zero-order valence-electron chi connectivity index (χ0n) is 12.2. The molecule has 0 saturated carbocycles. The van der Waals surface area contributed by atoms with E-state index in [1.165, 1.54) is 0 Å². The minimum Gasteiger partial charge on any atom is -0.491 e. The summed E-state index contributed by atoms with van der Waals surface area (Å²) in [6, 6.07) is 7.72. The van der Waals surface area contributed by atoms with E-state index >= 15 is 0 Å². The molecule has 0 aliphatic carbocycles. The Morgan fingerprint density at radius 1 is 1.37 bits per heavy atom. The maximum Gasteiger partial charge on any atom is 0.227 e. The van der Waals surface area contributed by atoms with Gasteiger partial charge in [-0.25, -0.2) is 0 Å². The zero-order valence-corrected chi connectivity index (χ0v) is 12.2. The first-order valence-corrected chi connectivity index (χ1v) is 6.65. The number of carbonyl (C=O) groups excluding carboxylic acids is 1. The molecule has 1 unspecified atom stereocenters. The van der Waals surface area contributed by atoms with Crippen LogP contribution in [0.25, 0.3) is 0 Å². The van der Waals surface area contributed by atoms with Gasteiger partial charge in [-0.15, -0.1) is 0 Å². The van der Waals surface area contributed by atoms with E-state index in [-0.39, 0.29) is 18.1 Å². The van der Waals surface area contributed by atoms with Gasteiger partial charge in [0.2, 0.25) is 5.91 Å². The molecular weight excluding hydrogens is 240 g/mol. The van der Waals surface area contributed by atoms with Crippen molar-refractivity contribution in [3.05, 3.63) is 29.8 Å². The predicted molar refractivity (Wildman–Crippen MR) is 77.2 cm³/mol. The number of amides is 1. The highest BCUT2D eigenvalue weighted by atomic mass is 16.5. The summed E-state index contributed by atoms with van der Waals surface area (Å²) in [4.78, 5) is 13.8. The molecule has 1 atom stereocenters. The Balaban J connectivity index is 2.69. The van der Waals surface area contributed by atoms with E-state index in [0.717, 1.165) is 11.3 Å². The minimum atomic E-state index is 0.0580. The van der Waals surface area contributed by atoms with Gasteiger partial charge in [0.05, 0.1) is 12.5 Å². The van der Waals surface area contributed by atoms with Crippen LogP contribution in [0.2, 0.25) is 0 Å². The lowest BCUT2D eigenvalue weighted by molar-refractivity contribution is -0.130. The monoisotopic (exact) mass is 264 g/mol. The molecule has 0 spiro atoms. The maximum absolute atomic E-state index is 12.1. The molecule has 4 heteroatoms. The van der Waals surface area contributed by atoms with E-state index in [9.17, 15) is 4.79 Å². The van der Waals surface area contributed by atoms with Gasteiger partial charge < -0.3 is 15.4 Å². The molecule has 1 aromatic carbocycles. The van der Waals surface area contributed by atoms with Crippen LogP contribution in [0.4, 0.5) is 0 Å². The number of hydrogen-bond acceptors (Lipinski definition) is 3. The van der Waals surface area contributed by atoms with E-state index in [2.05, 4.69) is 0 Å². The summed E-state index contributed by atoms with van der Waals surface area (Å²) in [6.45, 7) is 6.37. The number of ether oxygens (including phenoxy) is 1. The molecule has 0 saturated heterocycles. The summed E-state index contributed by atoms with van der Waals surface area (Å²) >= 11 is 0. The zero-order chi connectivity index (χ0) is 14.4. The van der Waals surface area contributed by atoms with E-state index in [1.54, 1.807) is 11.9 Å². The van der Waals surface area contributed by atoms with Gasteiger partial charge in [-0.3, -0.25) is 4.79 Å². The summed E-state index contributed by atoms with van der Waals surface area (Å²) in [5, 5.41) is 0. The quantitative estimate of drug-likeness (QED) is 0.852. The molecule has 1 amide bonds. The molecule has 2 N–H and O–H groups in total. The highest BCUT2D eigenvalue weighted by molar-refractivity contribution is 5.78. The normalized spacial score (nSPS) is 12.3. The van der Waals surface area contributed by atoms with Crippen molar-refractivity contribution >= 4 is 5.91 Å². The van der Waals surface area contributed by atoms with Crippen molar-refractivity contribution in [2.24, 2.45) is 5.73 Å². The van der Waals surface area contributed by atoms with Crippen molar-refractivity contribution in [1.29, 1.82) is 0 Å². The van der Waals surface area contributed by atoms with Crippen molar-refractivity contribution in [2.75, 3.05) is 13.6 Å². The first-order valence-electron chi connectivity index (χ1n) is 6.65. The van der Waals surface area contributed by atoms with Gasteiger partial charge in [0.25, 0.3) is 0 Å². The standard InChI is InChI=1S/C15H24N2O2/c1-11(2)19-14-7-5-6-13(8-14)9-15(18)17(4)12(3)10-16/h5-8,11-12H,9-10,16H2,1-4H3. The van der Waals surface area contributed by atoms with Gasteiger partial charge in [-0.2, -0.15) is 0 Å². The second kappa shape index (κ2) is 7.14. The molecule has 19 heavy (non-hydrogen) atoms. The van der Waals surface area contributed by atoms with Crippen molar-refractivity contribution < 1.29 is 9.53 Å². The Kier molecular flexibility index (Phi) is 5.83. The molecule has 0 fully saturated rings. The third-order valence-electron chi connectivity index (χ3n) is 3.02. The first-order chi connectivity index (χ1) is 8.93. The second-order valence-corrected chi connectivity index (χ2v) is 5.08. The number of benzene rings is 1. The highest BCUT2D eigenvalue weighted by Gasteiger charge is 2.14. The third-order valence-corrected chi connectivity index (χ3v) is 3.02. The van der Waals surface area contributed by atoms with Crippen LogP contribution in [-0.4, -0.2) is 36.5 Å². The Labute approximate surface area is 115 Å². The molecule has 0 radical (unpaired) electrons. The Morgan fingerprint density at radius 2 is 2.05 bits per heavy atom. The van der Waals surface area contributed by atoms with Gasteiger partial charge in [-0.05, 0) is 38.5 Å². The average molecular weight is 264 g/mol. The number of nitrogens with two attached hydrogens (primary N) is 1. The van der Waals surface area contributed by atoms with E-state index in [4.69, 9.17) is 10.5 Å². The molecule has 1 rings (SSSR count). The van der Waals surface area contributed by atoms with Gasteiger partial charge in [0, 0.05) is 19.6 Å². The molecule has 0 aliphatic rings. The molecule has 4 nitrogen and oxygen atoms in total. The number of carbonyl (C=O) groups is 1. The summed E-state index contributed by atoms with van der Waals surface area (Å²) in [5.41, 5.74) is 6.53. The third kappa shape index (κ3) is 4.91. The average Bonchev–Trinajstić information content (AvgIpc) is 2.36. The smallest absolute Gasteiger partial charge is 0.227 e. The lowest BCUT2D eigenvalue weighted by atomic mass is 10.1. The van der Waals surface area contributed by atoms with Crippen LogP contribution in [0.15, 0.2) is 24.3 Å². The fourth-order valence-corrected chi connectivity index (χ4v) is 1.70. The number of hydrogen-bond donors (Lipinski definition) is 1. The van der Waals surface area contributed by atoms with Crippen LogP contribution >= 0.6 is 0 Å². The second-order valence-electron chi connectivity index (χ2n) is 5.08. The van der Waals surface area contributed by atoms with Gasteiger partial charge in [0.1, 0.15) is 5.75 Å². The fraction of sp³-hybridized carbons (Fsp3) is 0.533. The number of rotatable bonds is 6. The van der Waals surface area contributed by atoms with Crippen LogP contribution in [0.3, 0.4) is 0 Å². The molecule has 0 aromatic heterocycles. The molecular formula is C15H24N2O2. The van der Waals surface area contributed by atoms with Crippen molar-refractivity contribution in [1.82, 2.24) is 4.90 Å². The summed E-state index contributed by atoms with van der Waals surface area (Å²) in [6.07, 6.45) is 0.502. The largest absolute Gasteiger partial charge is 0.491 e. The molecule has 0 aliphatic heterocycles. The highest BCUT2D eigenvalue weighted by Crippen LogP contribution is 2.16. The first kappa shape index (κ1) is 15.5. The topological polar surface area (TPSA) is 55.6 Å². The predicted octanol–water partition coefficient (Wildman–Crippen LogP) is 1.82. The van der Waals surface area contributed by atoms with E-state index in [0.29, 0.717) is 13.0 Å². The van der Waals surface area contributed by atoms with Crippen molar-refractivity contribution in [3.63, 3.8) is 0 Å². The summed E-state index contributed by atoms with van der Waals surface area (Å²) in [7, 11) is 1.79. The molecule has 1 aromatic rings. The Hall–Kier alpha value is -1.55. The molecule has 0 bridgehead atoms. The molecule has 0 heterocycles. The lowest BCUT2D eigenvalue weighted by Gasteiger charge is -2.23. The van der Waals surface area contributed by atoms with Crippen LogP contribution in [0.1, 0.15) is 26.3 Å². The fourth-order valence-electron chi connectivity index (χ4n) is 1.70. The van der Waals surface area contributed by atoms with Gasteiger partial charge >= 0.3 is 0 Å². The summed E-state index contributed by atoms with van der Waals surface area (Å²) in [5.74, 6) is 0.870. The maximum atomic E-state index is 12.1. The van der Waals surface area contributed by atoms with Crippen LogP contribution in [-0.2, 0) is 11.2 Å². The van der Waals surface area contributed by atoms with E-state index in [1.807, 2.05) is 45.0 Å². The SMILES string of the molecule is CC(C)Oc1cccc(CC(=O)N(C)C(C)CN)c1. The van der Waals surface area contributed by atoms with Crippen molar-refractivity contribution in [3.8, 4) is 5.75 Å². The minimum absolute atomic E-state index is 0.0580. The Bertz CT molecular complexity index is 418. The van der Waals surface area contributed by atoms with Crippen LogP contribution < -0.4 is 10.5 Å². The number of likely N-dealkylation sites (N-methyl/N-ethyl adjacent to an activating group) is 1. The number of nitrogens with zero attached hydrogens (tertiary/aromatic N) is 1. The molecule has 106 valence electrons. The van der Waals surface area contributed by atoms with Crippen molar-refractivity contribution in [2.45, 2.75) is 39.3 Å². The lowest BCUT2D eigenvalue weighted by Crippen LogP contribution is -2.40. The van der Waals surface area contributed by atoms with Gasteiger partial charge in [0.15, 0.2) is 0 Å². The Morgan fingerprint density at radius 3 is 2.63 bits per heavy atom. The summed E-state index contributed by atoms with van der Waals surface area (Å²) < 4.78 is 5.62. The van der Waals surface area contributed by atoms with Crippen LogP contribution in [0.5, 0.6) is 5.75 Å². The van der Waals surface area contributed by atoms with Crippen LogP contribution in [0, 0.1) is 0 Å².